The zero-order chi connectivity index (χ0) is 10.7. The maximum Gasteiger partial charge on any atom is 0.00811 e. The zero-order valence-electron chi connectivity index (χ0n) is 10.4. The molecule has 0 spiro atoms. The third-order valence-corrected chi connectivity index (χ3v) is 6.33. The van der Waals surface area contributed by atoms with Crippen molar-refractivity contribution in [1.29, 1.82) is 0 Å². The van der Waals surface area contributed by atoms with Gasteiger partial charge in [-0.05, 0) is 37.5 Å². The largest absolute Gasteiger partial charge is 0.155 e. The molecular formula is C14H26S. The normalized spacial score (nSPS) is 37.6. The highest BCUT2D eigenvalue weighted by atomic mass is 32.2. The predicted molar refractivity (Wildman–Crippen MR) is 70.4 cm³/mol. The van der Waals surface area contributed by atoms with E-state index in [0.29, 0.717) is 0 Å². The molecule has 0 nitrogen and oxygen atoms in total. The Labute approximate surface area is 99.6 Å². The summed E-state index contributed by atoms with van der Waals surface area (Å²) in [5.74, 6) is 2.12. The summed E-state index contributed by atoms with van der Waals surface area (Å²) in [6.45, 7) is 4.73. The minimum atomic E-state index is 1.02. The van der Waals surface area contributed by atoms with Crippen LogP contribution in [0.2, 0.25) is 0 Å². The van der Waals surface area contributed by atoms with E-state index in [1.807, 2.05) is 0 Å². The van der Waals surface area contributed by atoms with Crippen LogP contribution in [0.3, 0.4) is 0 Å². The molecular weight excluding hydrogens is 200 g/mol. The smallest absolute Gasteiger partial charge is 0.00811 e. The van der Waals surface area contributed by atoms with Gasteiger partial charge in [-0.2, -0.15) is 11.8 Å². The van der Waals surface area contributed by atoms with Gasteiger partial charge in [-0.25, -0.2) is 0 Å². The maximum absolute atomic E-state index is 2.39. The quantitative estimate of drug-likeness (QED) is 0.658. The molecule has 0 amide bonds. The first-order chi connectivity index (χ1) is 7.35. The topological polar surface area (TPSA) is 0 Å². The van der Waals surface area contributed by atoms with Crippen molar-refractivity contribution in [2.75, 3.05) is 0 Å². The molecule has 0 radical (unpaired) electrons. The summed E-state index contributed by atoms with van der Waals surface area (Å²) >= 11 is 2.37. The minimum Gasteiger partial charge on any atom is -0.155 e. The van der Waals surface area contributed by atoms with Crippen molar-refractivity contribution < 1.29 is 0 Å². The van der Waals surface area contributed by atoms with Crippen LogP contribution in [0.25, 0.3) is 0 Å². The number of hydrogen-bond donors (Lipinski definition) is 0. The van der Waals surface area contributed by atoms with Gasteiger partial charge in [-0.1, -0.05) is 39.5 Å². The molecule has 1 heteroatoms. The lowest BCUT2D eigenvalue weighted by atomic mass is 9.83. The van der Waals surface area contributed by atoms with E-state index >= 15 is 0 Å². The Morgan fingerprint density at radius 3 is 2.67 bits per heavy atom. The lowest BCUT2D eigenvalue weighted by molar-refractivity contribution is 0.339. The Morgan fingerprint density at radius 2 is 2.00 bits per heavy atom. The highest BCUT2D eigenvalue weighted by molar-refractivity contribution is 8.00. The van der Waals surface area contributed by atoms with Crippen LogP contribution in [-0.2, 0) is 0 Å². The lowest BCUT2D eigenvalue weighted by Gasteiger charge is -2.23. The highest BCUT2D eigenvalue weighted by Crippen LogP contribution is 2.49. The van der Waals surface area contributed by atoms with E-state index in [1.54, 1.807) is 6.42 Å². The molecule has 1 saturated heterocycles. The first-order valence-electron chi connectivity index (χ1n) is 7.00. The summed E-state index contributed by atoms with van der Waals surface area (Å²) in [5, 5.41) is 2.07. The number of fused-ring (bicyclic) bond motifs is 1. The molecule has 0 bridgehead atoms. The van der Waals surface area contributed by atoms with Crippen LogP contribution in [0.4, 0.5) is 0 Å². The molecule has 1 aliphatic heterocycles. The van der Waals surface area contributed by atoms with Gasteiger partial charge in [-0.3, -0.25) is 0 Å². The second-order valence-corrected chi connectivity index (χ2v) is 6.93. The Hall–Kier alpha value is 0.350. The molecule has 15 heavy (non-hydrogen) atoms. The average Bonchev–Trinajstić information content (AvgIpc) is 2.69. The summed E-state index contributed by atoms with van der Waals surface area (Å²) in [6, 6.07) is 0. The summed E-state index contributed by atoms with van der Waals surface area (Å²) in [7, 11) is 0. The molecule has 2 aliphatic rings. The number of thioether (sulfide) groups is 1. The predicted octanol–water partition coefficient (Wildman–Crippen LogP) is 4.88. The zero-order valence-corrected chi connectivity index (χ0v) is 11.2. The Balaban J connectivity index is 1.89. The van der Waals surface area contributed by atoms with Crippen LogP contribution in [0, 0.1) is 11.8 Å². The van der Waals surface area contributed by atoms with E-state index in [2.05, 4.69) is 25.6 Å². The Kier molecular flexibility index (Phi) is 4.42. The molecule has 1 saturated carbocycles. The van der Waals surface area contributed by atoms with Crippen LogP contribution in [0.5, 0.6) is 0 Å². The molecule has 4 atom stereocenters. The van der Waals surface area contributed by atoms with Gasteiger partial charge >= 0.3 is 0 Å². The van der Waals surface area contributed by atoms with Gasteiger partial charge in [-0.15, -0.1) is 0 Å². The molecule has 0 N–H and O–H groups in total. The fourth-order valence-corrected chi connectivity index (χ4v) is 5.66. The van der Waals surface area contributed by atoms with E-state index in [0.717, 1.165) is 22.3 Å². The third kappa shape index (κ3) is 2.72. The Bertz CT molecular complexity index is 176. The number of hydrogen-bond acceptors (Lipinski definition) is 1. The molecule has 0 aromatic carbocycles. The van der Waals surface area contributed by atoms with Crippen molar-refractivity contribution in [2.45, 2.75) is 75.7 Å². The van der Waals surface area contributed by atoms with Crippen LogP contribution < -0.4 is 0 Å². The minimum absolute atomic E-state index is 1.02. The molecule has 1 aliphatic carbocycles. The second-order valence-electron chi connectivity index (χ2n) is 5.45. The highest BCUT2D eigenvalue weighted by Gasteiger charge is 2.38. The third-order valence-electron chi connectivity index (χ3n) is 4.43. The van der Waals surface area contributed by atoms with Gasteiger partial charge in [0, 0.05) is 10.5 Å². The van der Waals surface area contributed by atoms with Gasteiger partial charge in [0.2, 0.25) is 0 Å². The van der Waals surface area contributed by atoms with Gasteiger partial charge in [0.25, 0.3) is 0 Å². The summed E-state index contributed by atoms with van der Waals surface area (Å²) < 4.78 is 0. The molecule has 0 aromatic rings. The van der Waals surface area contributed by atoms with Gasteiger partial charge in [0.15, 0.2) is 0 Å². The average molecular weight is 226 g/mol. The van der Waals surface area contributed by atoms with Crippen molar-refractivity contribution >= 4 is 11.8 Å². The summed E-state index contributed by atoms with van der Waals surface area (Å²) in [6.07, 6.45) is 11.9. The van der Waals surface area contributed by atoms with Crippen molar-refractivity contribution in [3.63, 3.8) is 0 Å². The monoisotopic (exact) mass is 226 g/mol. The molecule has 2 fully saturated rings. The standard InChI is InChI=1S/C14H26S/c1-3-7-11(4-2)14-10-12-8-5-6-9-13(12)15-14/h11-14H,3-10H2,1-2H3/t11-,12?,13?,14?/m0/s1. The first-order valence-corrected chi connectivity index (χ1v) is 7.94. The lowest BCUT2D eigenvalue weighted by Crippen LogP contribution is -2.16. The summed E-state index contributed by atoms with van der Waals surface area (Å²) in [4.78, 5) is 0. The maximum atomic E-state index is 2.39. The molecule has 2 rings (SSSR count). The fourth-order valence-electron chi connectivity index (χ4n) is 3.53. The van der Waals surface area contributed by atoms with E-state index in [1.165, 1.54) is 44.9 Å². The van der Waals surface area contributed by atoms with E-state index in [9.17, 15) is 0 Å². The van der Waals surface area contributed by atoms with Crippen LogP contribution in [0.15, 0.2) is 0 Å². The van der Waals surface area contributed by atoms with E-state index in [4.69, 9.17) is 0 Å². The SMILES string of the molecule is CCC[C@H](CC)C1CC2CCCCC2S1. The van der Waals surface area contributed by atoms with Crippen LogP contribution in [0.1, 0.15) is 65.2 Å². The van der Waals surface area contributed by atoms with Crippen LogP contribution >= 0.6 is 11.8 Å². The Morgan fingerprint density at radius 1 is 1.20 bits per heavy atom. The van der Waals surface area contributed by atoms with Gasteiger partial charge < -0.3 is 0 Å². The van der Waals surface area contributed by atoms with Crippen molar-refractivity contribution in [3.8, 4) is 0 Å². The molecule has 0 aromatic heterocycles. The van der Waals surface area contributed by atoms with Crippen molar-refractivity contribution in [1.82, 2.24) is 0 Å². The van der Waals surface area contributed by atoms with Gasteiger partial charge in [0.05, 0.1) is 0 Å². The second kappa shape index (κ2) is 5.61. The molecule has 3 unspecified atom stereocenters. The van der Waals surface area contributed by atoms with Gasteiger partial charge in [0.1, 0.15) is 0 Å². The first kappa shape index (κ1) is 11.8. The fraction of sp³-hybridized carbons (Fsp3) is 1.00. The van der Waals surface area contributed by atoms with Crippen molar-refractivity contribution in [3.05, 3.63) is 0 Å². The number of rotatable bonds is 4. The summed E-state index contributed by atoms with van der Waals surface area (Å²) in [5.41, 5.74) is 0. The van der Waals surface area contributed by atoms with E-state index < -0.39 is 0 Å². The molecule has 1 heterocycles. The molecule has 88 valence electrons. The van der Waals surface area contributed by atoms with E-state index in [-0.39, 0.29) is 0 Å². The van der Waals surface area contributed by atoms with Crippen molar-refractivity contribution in [2.24, 2.45) is 11.8 Å². The van der Waals surface area contributed by atoms with Crippen LogP contribution in [-0.4, -0.2) is 10.5 Å².